The first-order valence-electron chi connectivity index (χ1n) is 8.30. The van der Waals surface area contributed by atoms with Crippen LogP contribution in [0.15, 0.2) is 83.8 Å². The van der Waals surface area contributed by atoms with Crippen LogP contribution in [0.3, 0.4) is 0 Å². The van der Waals surface area contributed by atoms with Crippen molar-refractivity contribution in [3.05, 3.63) is 95.6 Å². The lowest BCUT2D eigenvalue weighted by Crippen LogP contribution is -2.35. The van der Waals surface area contributed by atoms with Gasteiger partial charge >= 0.3 is 0 Å². The lowest BCUT2D eigenvalue weighted by atomic mass is 9.93. The summed E-state index contributed by atoms with van der Waals surface area (Å²) in [6.45, 7) is 1.89. The number of aryl methyl sites for hydroxylation is 1. The summed E-state index contributed by atoms with van der Waals surface area (Å²) in [5.74, 6) is -1.06. The molecule has 0 radical (unpaired) electrons. The number of rotatable bonds is 3. The zero-order valence-corrected chi connectivity index (χ0v) is 15.0. The van der Waals surface area contributed by atoms with E-state index in [1.165, 1.54) is 12.1 Å². The van der Waals surface area contributed by atoms with Crippen LogP contribution < -0.4 is 4.31 Å². The molecule has 3 aromatic rings. The highest BCUT2D eigenvalue weighted by molar-refractivity contribution is 7.93. The predicted octanol–water partition coefficient (Wildman–Crippen LogP) is 3.86. The van der Waals surface area contributed by atoms with Crippen LogP contribution in [0.1, 0.15) is 22.6 Å². The van der Waals surface area contributed by atoms with E-state index < -0.39 is 21.8 Å². The molecule has 0 aliphatic carbocycles. The van der Waals surface area contributed by atoms with Crippen LogP contribution >= 0.6 is 0 Å². The summed E-state index contributed by atoms with van der Waals surface area (Å²) in [6.07, 6.45) is 0. The van der Waals surface area contributed by atoms with Crippen molar-refractivity contribution < 1.29 is 13.2 Å². The van der Waals surface area contributed by atoms with Gasteiger partial charge in [-0.1, -0.05) is 66.2 Å². The molecule has 1 aliphatic rings. The third-order valence-electron chi connectivity index (χ3n) is 4.61. The van der Waals surface area contributed by atoms with Gasteiger partial charge in [-0.15, -0.1) is 0 Å². The summed E-state index contributed by atoms with van der Waals surface area (Å²) in [5.41, 5.74) is 2.87. The minimum atomic E-state index is -3.98. The van der Waals surface area contributed by atoms with Crippen LogP contribution in [0, 0.1) is 6.92 Å². The summed E-state index contributed by atoms with van der Waals surface area (Å²) in [7, 11) is -3.98. The third-order valence-corrected chi connectivity index (χ3v) is 6.33. The van der Waals surface area contributed by atoms with Crippen molar-refractivity contribution in [2.24, 2.45) is 0 Å². The van der Waals surface area contributed by atoms with Gasteiger partial charge in [0.05, 0.1) is 16.5 Å². The number of carbonyl (C=O) groups excluding carboxylic acids is 1. The topological polar surface area (TPSA) is 54.5 Å². The van der Waals surface area contributed by atoms with Crippen LogP contribution in [-0.4, -0.2) is 14.3 Å². The second-order valence-electron chi connectivity index (χ2n) is 6.32. The number of sulfonamides is 1. The number of anilines is 1. The molecule has 130 valence electrons. The number of hydrogen-bond donors (Lipinski definition) is 0. The molecule has 0 bridgehead atoms. The lowest BCUT2D eigenvalue weighted by Gasteiger charge is -2.18. The maximum atomic E-state index is 13.2. The summed E-state index contributed by atoms with van der Waals surface area (Å²) in [4.78, 5) is 13.3. The van der Waals surface area contributed by atoms with Gasteiger partial charge in [0.1, 0.15) is 0 Å². The molecule has 0 saturated carbocycles. The maximum Gasteiger partial charge on any atom is 0.270 e. The van der Waals surface area contributed by atoms with Crippen LogP contribution in [0.2, 0.25) is 0 Å². The monoisotopic (exact) mass is 363 g/mol. The smallest absolute Gasteiger partial charge is 0.270 e. The van der Waals surface area contributed by atoms with E-state index in [1.54, 1.807) is 24.3 Å². The highest BCUT2D eigenvalue weighted by Gasteiger charge is 2.44. The second-order valence-corrected chi connectivity index (χ2v) is 8.11. The largest absolute Gasteiger partial charge is 0.272 e. The molecular formula is C21H17NO3S. The Morgan fingerprint density at radius 3 is 2.12 bits per heavy atom. The normalized spacial score (nSPS) is 16.6. The highest BCUT2D eigenvalue weighted by Crippen LogP contribution is 2.43. The molecule has 1 atom stereocenters. The van der Waals surface area contributed by atoms with E-state index in [1.807, 2.05) is 49.4 Å². The number of nitrogens with zero attached hydrogens (tertiary/aromatic N) is 1. The zero-order chi connectivity index (χ0) is 18.3. The van der Waals surface area contributed by atoms with Crippen LogP contribution in [-0.2, 0) is 14.8 Å². The standard InChI is InChI=1S/C21H17NO3S/c1-15-11-13-17(14-12-15)26(24,25)22-19-10-6-5-9-18(19)20(21(22)23)16-7-3-2-4-8-16/h2-14,20H,1H3. The quantitative estimate of drug-likeness (QED) is 0.710. The molecule has 1 amide bonds. The van der Waals surface area contributed by atoms with E-state index in [-0.39, 0.29) is 4.90 Å². The molecule has 1 heterocycles. The molecule has 0 spiro atoms. The Hall–Kier alpha value is -2.92. The molecule has 0 aromatic heterocycles. The number of carbonyl (C=O) groups is 1. The molecule has 5 heteroatoms. The maximum absolute atomic E-state index is 13.2. The van der Waals surface area contributed by atoms with Crippen LogP contribution in [0.25, 0.3) is 0 Å². The van der Waals surface area contributed by atoms with Crippen molar-refractivity contribution in [2.45, 2.75) is 17.7 Å². The van der Waals surface area contributed by atoms with Crippen molar-refractivity contribution in [1.82, 2.24) is 0 Å². The second kappa shape index (κ2) is 6.11. The Morgan fingerprint density at radius 1 is 0.808 bits per heavy atom. The minimum absolute atomic E-state index is 0.111. The first kappa shape index (κ1) is 16.5. The Balaban J connectivity index is 1.88. The molecule has 1 aliphatic heterocycles. The predicted molar refractivity (Wildman–Crippen MR) is 101 cm³/mol. The number of benzene rings is 3. The molecule has 4 rings (SSSR count). The van der Waals surface area contributed by atoms with E-state index in [2.05, 4.69) is 0 Å². The molecule has 0 saturated heterocycles. The first-order chi connectivity index (χ1) is 12.5. The number of amides is 1. The molecule has 26 heavy (non-hydrogen) atoms. The van der Waals surface area contributed by atoms with Gasteiger partial charge in [-0.05, 0) is 36.2 Å². The number of hydrogen-bond acceptors (Lipinski definition) is 3. The van der Waals surface area contributed by atoms with E-state index in [4.69, 9.17) is 0 Å². The Labute approximate surface area is 152 Å². The van der Waals surface area contributed by atoms with Gasteiger partial charge in [0.2, 0.25) is 0 Å². The Morgan fingerprint density at radius 2 is 1.42 bits per heavy atom. The number of para-hydroxylation sites is 1. The van der Waals surface area contributed by atoms with Crippen molar-refractivity contribution in [3.8, 4) is 0 Å². The van der Waals surface area contributed by atoms with Gasteiger partial charge < -0.3 is 0 Å². The SMILES string of the molecule is Cc1ccc(S(=O)(=O)N2C(=O)C(c3ccccc3)c3ccccc32)cc1. The van der Waals surface area contributed by atoms with E-state index in [9.17, 15) is 13.2 Å². The molecule has 0 N–H and O–H groups in total. The summed E-state index contributed by atoms with van der Waals surface area (Å²) >= 11 is 0. The molecule has 3 aromatic carbocycles. The highest BCUT2D eigenvalue weighted by atomic mass is 32.2. The molecule has 1 unspecified atom stereocenters. The van der Waals surface area contributed by atoms with Gasteiger partial charge in [-0.3, -0.25) is 4.79 Å². The van der Waals surface area contributed by atoms with Crippen molar-refractivity contribution in [1.29, 1.82) is 0 Å². The average Bonchev–Trinajstić information content (AvgIpc) is 2.95. The molecule has 4 nitrogen and oxygen atoms in total. The fourth-order valence-corrected chi connectivity index (χ4v) is 4.78. The van der Waals surface area contributed by atoms with Crippen molar-refractivity contribution in [2.75, 3.05) is 4.31 Å². The van der Waals surface area contributed by atoms with Crippen molar-refractivity contribution in [3.63, 3.8) is 0 Å². The fourth-order valence-electron chi connectivity index (χ4n) is 3.32. The third kappa shape index (κ3) is 2.52. The molecule has 0 fully saturated rings. The fraction of sp³-hybridized carbons (Fsp3) is 0.0952. The van der Waals surface area contributed by atoms with Crippen LogP contribution in [0.5, 0.6) is 0 Å². The van der Waals surface area contributed by atoms with Gasteiger partial charge in [0.15, 0.2) is 0 Å². The summed E-state index contributed by atoms with van der Waals surface area (Å²) < 4.78 is 27.4. The summed E-state index contributed by atoms with van der Waals surface area (Å²) in [5, 5.41) is 0. The zero-order valence-electron chi connectivity index (χ0n) is 14.2. The summed E-state index contributed by atoms with van der Waals surface area (Å²) in [6, 6.07) is 22.9. The lowest BCUT2D eigenvalue weighted by molar-refractivity contribution is -0.117. The van der Waals surface area contributed by atoms with E-state index >= 15 is 0 Å². The van der Waals surface area contributed by atoms with E-state index in [0.29, 0.717) is 11.3 Å². The van der Waals surface area contributed by atoms with Gasteiger partial charge in [-0.2, -0.15) is 0 Å². The Kier molecular flexibility index (Phi) is 3.89. The van der Waals surface area contributed by atoms with Gasteiger partial charge in [0.25, 0.3) is 15.9 Å². The Bertz CT molecular complexity index is 1070. The van der Waals surface area contributed by atoms with Crippen LogP contribution in [0.4, 0.5) is 5.69 Å². The average molecular weight is 363 g/mol. The van der Waals surface area contributed by atoms with Gasteiger partial charge in [0, 0.05) is 0 Å². The number of fused-ring (bicyclic) bond motifs is 1. The first-order valence-corrected chi connectivity index (χ1v) is 9.74. The minimum Gasteiger partial charge on any atom is -0.272 e. The van der Waals surface area contributed by atoms with Gasteiger partial charge in [-0.25, -0.2) is 12.7 Å². The molecular weight excluding hydrogens is 346 g/mol. The van der Waals surface area contributed by atoms with E-state index in [0.717, 1.165) is 15.4 Å². The van der Waals surface area contributed by atoms with Crippen molar-refractivity contribution >= 4 is 21.6 Å².